The summed E-state index contributed by atoms with van der Waals surface area (Å²) < 4.78 is 10.5. The van der Waals surface area contributed by atoms with Gasteiger partial charge in [0.25, 0.3) is 0 Å². The van der Waals surface area contributed by atoms with Crippen molar-refractivity contribution < 1.29 is 43.0 Å². The Morgan fingerprint density at radius 1 is 0.814 bits per heavy atom. The van der Waals surface area contributed by atoms with E-state index in [0.717, 1.165) is 22.3 Å². The van der Waals surface area contributed by atoms with Gasteiger partial charge in [-0.2, -0.15) is 9.58 Å². The maximum absolute atomic E-state index is 13.2. The van der Waals surface area contributed by atoms with Crippen LogP contribution in [0.1, 0.15) is 42.7 Å². The van der Waals surface area contributed by atoms with Crippen molar-refractivity contribution in [2.45, 2.75) is 43.7 Å². The van der Waals surface area contributed by atoms with E-state index in [1.165, 1.54) is 6.08 Å². The molecule has 3 rings (SSSR count). The van der Waals surface area contributed by atoms with Crippen LogP contribution in [0.25, 0.3) is 22.2 Å². The van der Waals surface area contributed by atoms with Crippen molar-refractivity contribution in [3.63, 3.8) is 0 Å². The van der Waals surface area contributed by atoms with Crippen molar-refractivity contribution in [1.29, 1.82) is 0 Å². The molecule has 1 aliphatic rings. The molecule has 0 aromatic heterocycles. The maximum atomic E-state index is 13.2. The molecule has 43 heavy (non-hydrogen) atoms. The van der Waals surface area contributed by atoms with Crippen molar-refractivity contribution in [1.82, 2.24) is 10.6 Å². The molecule has 0 saturated carbocycles. The van der Waals surface area contributed by atoms with Gasteiger partial charge in [-0.1, -0.05) is 61.2 Å². The molecule has 1 aliphatic carbocycles. The lowest BCUT2D eigenvalue weighted by Crippen LogP contribution is -2.52. The van der Waals surface area contributed by atoms with Crippen molar-refractivity contribution in [2.75, 3.05) is 13.2 Å². The molecule has 2 aromatic carbocycles. The molecule has 0 fully saturated rings. The molecule has 0 aliphatic heterocycles. The first-order valence-corrected chi connectivity index (χ1v) is 13.4. The Bertz CT molecular complexity index is 1450. The van der Waals surface area contributed by atoms with E-state index in [9.17, 15) is 24.0 Å². The van der Waals surface area contributed by atoms with E-state index in [4.69, 9.17) is 20.5 Å². The van der Waals surface area contributed by atoms with Gasteiger partial charge < -0.3 is 31.2 Å². The highest BCUT2D eigenvalue weighted by molar-refractivity contribution is 6.25. The van der Waals surface area contributed by atoms with E-state index in [-0.39, 0.29) is 44.8 Å². The minimum Gasteiger partial charge on any atom is -0.460 e. The largest absolute Gasteiger partial charge is 0.460 e. The number of hydrogen-bond acceptors (Lipinski definition) is 7. The highest BCUT2D eigenvalue weighted by Gasteiger charge is 2.31. The first kappa shape index (κ1) is 32.0. The molecule has 2 amide bonds. The average Bonchev–Trinajstić information content (AvgIpc) is 3.32. The third kappa shape index (κ3) is 8.99. The maximum Gasteiger partial charge on any atom is 0.407 e. The van der Waals surface area contributed by atoms with Gasteiger partial charge in [0.15, 0.2) is 0 Å². The van der Waals surface area contributed by atoms with Gasteiger partial charge >= 0.3 is 24.5 Å². The third-order valence-corrected chi connectivity index (χ3v) is 6.66. The van der Waals surface area contributed by atoms with Crippen LogP contribution in [-0.2, 0) is 28.7 Å². The molecule has 13 nitrogen and oxygen atoms in total. The fourth-order valence-electron chi connectivity index (χ4n) is 4.65. The number of amides is 2. The number of benzene rings is 2. The zero-order valence-corrected chi connectivity index (χ0v) is 23.2. The van der Waals surface area contributed by atoms with Gasteiger partial charge in [0, 0.05) is 18.8 Å². The van der Waals surface area contributed by atoms with Crippen LogP contribution in [0, 0.1) is 0 Å². The number of carbonyl (C=O) groups is 5. The first-order valence-electron chi connectivity index (χ1n) is 13.4. The Hall–Kier alpha value is -5.51. The summed E-state index contributed by atoms with van der Waals surface area (Å²) in [6.45, 7) is 3.26. The first-order chi connectivity index (χ1) is 20.8. The lowest BCUT2D eigenvalue weighted by Gasteiger charge is -2.22. The van der Waals surface area contributed by atoms with Crippen LogP contribution in [-0.4, -0.2) is 76.8 Å². The topological polar surface area (TPSA) is 201 Å². The number of carbonyl (C=O) groups excluding carboxylic acids is 5. The molecule has 2 N–H and O–H groups in total. The predicted octanol–water partition coefficient (Wildman–Crippen LogP) is 2.41. The van der Waals surface area contributed by atoms with E-state index in [1.54, 1.807) is 0 Å². The summed E-state index contributed by atoms with van der Waals surface area (Å²) in [7, 11) is 0. The Morgan fingerprint density at radius 2 is 1.35 bits per heavy atom. The number of esters is 1. The minimum atomic E-state index is -1.35. The third-order valence-electron chi connectivity index (χ3n) is 6.66. The SMILES string of the molecule is C=CCOC(=O)[C@H](CCC(=O)C=[N+]=[N-])NC(=O)[C@H](CCC(=O)C=[N+]=[N-])NC(=O)OCC1c2ccccc2-c2ccccc21. The molecule has 0 saturated heterocycles. The van der Waals surface area contributed by atoms with E-state index in [0.29, 0.717) is 12.4 Å². The highest BCUT2D eigenvalue weighted by Crippen LogP contribution is 2.44. The van der Waals surface area contributed by atoms with Crippen LogP contribution in [0.5, 0.6) is 0 Å². The van der Waals surface area contributed by atoms with Crippen LogP contribution in [0.2, 0.25) is 0 Å². The Labute approximate surface area is 247 Å². The van der Waals surface area contributed by atoms with E-state index < -0.39 is 41.6 Å². The molecule has 0 bridgehead atoms. The molecular formula is C30H30N6O7. The fraction of sp³-hybridized carbons (Fsp3) is 0.300. The van der Waals surface area contributed by atoms with Crippen LogP contribution < -0.4 is 10.6 Å². The van der Waals surface area contributed by atoms with Gasteiger partial charge in [0.1, 0.15) is 25.3 Å². The van der Waals surface area contributed by atoms with Gasteiger partial charge in [0.05, 0.1) is 0 Å². The number of nitrogens with zero attached hydrogens (tertiary/aromatic N) is 4. The van der Waals surface area contributed by atoms with Crippen LogP contribution in [0.3, 0.4) is 0 Å². The number of ketones is 2. The van der Waals surface area contributed by atoms with E-state index >= 15 is 0 Å². The molecule has 0 spiro atoms. The number of hydrogen-bond donors (Lipinski definition) is 2. The second kappa shape index (κ2) is 16.1. The molecule has 222 valence electrons. The molecular weight excluding hydrogens is 556 g/mol. The van der Waals surface area contributed by atoms with Gasteiger partial charge in [0.2, 0.25) is 17.5 Å². The minimum absolute atomic E-state index is 0.0324. The second-order valence-corrected chi connectivity index (χ2v) is 9.50. The Balaban J connectivity index is 1.73. The number of nitrogens with one attached hydrogen (secondary N) is 2. The van der Waals surface area contributed by atoms with Crippen molar-refractivity contribution in [3.05, 3.63) is 83.4 Å². The molecule has 2 atom stereocenters. The van der Waals surface area contributed by atoms with Crippen LogP contribution in [0.4, 0.5) is 4.79 Å². The summed E-state index contributed by atoms with van der Waals surface area (Å²) >= 11 is 0. The van der Waals surface area contributed by atoms with Crippen molar-refractivity contribution >= 4 is 42.0 Å². The molecule has 13 heteroatoms. The zero-order valence-electron chi connectivity index (χ0n) is 23.2. The second-order valence-electron chi connectivity index (χ2n) is 9.50. The number of rotatable bonds is 16. The lowest BCUT2D eigenvalue weighted by molar-refractivity contribution is -0.147. The van der Waals surface area contributed by atoms with Gasteiger partial charge in [-0.15, -0.1) is 0 Å². The van der Waals surface area contributed by atoms with Gasteiger partial charge in [-0.3, -0.25) is 14.4 Å². The molecule has 0 radical (unpaired) electrons. The quantitative estimate of drug-likeness (QED) is 0.0988. The number of fused-ring (bicyclic) bond motifs is 3. The fourth-order valence-corrected chi connectivity index (χ4v) is 4.65. The molecule has 0 unspecified atom stereocenters. The van der Waals surface area contributed by atoms with E-state index in [1.807, 2.05) is 48.5 Å². The lowest BCUT2D eigenvalue weighted by atomic mass is 9.98. The van der Waals surface area contributed by atoms with Crippen molar-refractivity contribution in [2.24, 2.45) is 0 Å². The monoisotopic (exact) mass is 586 g/mol. The summed E-state index contributed by atoms with van der Waals surface area (Å²) in [5, 5.41) is 4.87. The standard InChI is InChI=1S/C30H30N6O7/c1-2-15-42-29(40)27(14-12-20(38)17-34-32)35-28(39)26(13-11-19(37)16-33-31)36-30(41)43-18-25-23-9-5-3-7-21(23)22-8-4-6-10-24(22)25/h2-10,16-17,25-27H,1,11-15,18H2,(H,35,39)(H,36,41)/t26-,27-/m0/s1. The van der Waals surface area contributed by atoms with Crippen molar-refractivity contribution in [3.8, 4) is 11.1 Å². The normalized spacial score (nSPS) is 12.6. The van der Waals surface area contributed by atoms with Crippen LogP contribution >= 0.6 is 0 Å². The number of Topliss-reactive ketones (excluding diaryl/α,β-unsaturated/α-hetero) is 2. The Morgan fingerprint density at radius 3 is 1.88 bits per heavy atom. The average molecular weight is 587 g/mol. The van der Waals surface area contributed by atoms with Gasteiger partial charge in [-0.05, 0) is 35.1 Å². The number of alkyl carbamates (subject to hydrolysis) is 1. The summed E-state index contributed by atoms with van der Waals surface area (Å²) in [6.07, 6.45) is 0.694. The summed E-state index contributed by atoms with van der Waals surface area (Å²) in [4.78, 5) is 67.8. The van der Waals surface area contributed by atoms with Gasteiger partial charge in [-0.25, -0.2) is 9.59 Å². The summed E-state index contributed by atoms with van der Waals surface area (Å²) in [5.74, 6) is -3.20. The summed E-state index contributed by atoms with van der Waals surface area (Å²) in [6, 6.07) is 12.9. The smallest absolute Gasteiger partial charge is 0.407 e. The van der Waals surface area contributed by atoms with E-state index in [2.05, 4.69) is 26.8 Å². The predicted molar refractivity (Wildman–Crippen MR) is 153 cm³/mol. The number of ether oxygens (including phenoxy) is 2. The Kier molecular flexibility index (Phi) is 12.0. The molecule has 0 heterocycles. The molecule has 2 aromatic rings. The zero-order chi connectivity index (χ0) is 31.2. The van der Waals surface area contributed by atoms with Crippen LogP contribution in [0.15, 0.2) is 61.2 Å². The summed E-state index contributed by atoms with van der Waals surface area (Å²) in [5.41, 5.74) is 21.2. The highest BCUT2D eigenvalue weighted by atomic mass is 16.5.